The minimum atomic E-state index is -1.09. The minimum Gasteiger partial charge on any atom is -0.550 e. The van der Waals surface area contributed by atoms with E-state index in [4.69, 9.17) is 9.72 Å². The van der Waals surface area contributed by atoms with Crippen LogP contribution < -0.4 is 28.7 Å². The molecule has 0 saturated carbocycles. The number of aliphatic carboxylic acids is 1. The maximum Gasteiger partial charge on any atom is 1.00 e. The van der Waals surface area contributed by atoms with Crippen molar-refractivity contribution in [3.05, 3.63) is 78.4 Å². The van der Waals surface area contributed by atoms with E-state index in [-0.39, 0.29) is 25.3 Å². The molecule has 0 aliphatic heterocycles. The molecule has 0 aliphatic carbocycles. The molecule has 134 valence electrons. The van der Waals surface area contributed by atoms with Crippen molar-refractivity contribution in [1.82, 2.24) is 9.55 Å². The third-order valence-electron chi connectivity index (χ3n) is 4.45. The maximum absolute atomic E-state index is 10.8. The number of benzene rings is 3. The quantitative estimate of drug-likeness (QED) is 0.468. The number of fused-ring (bicyclic) bond motifs is 1. The summed E-state index contributed by atoms with van der Waals surface area (Å²) in [6.07, 6.45) is -0.107. The number of imidazole rings is 1. The molecule has 1 aromatic heterocycles. The summed E-state index contributed by atoms with van der Waals surface area (Å²) in [5.74, 6) is 0.412. The van der Waals surface area contributed by atoms with Crippen LogP contribution >= 0.6 is 0 Å². The predicted octanol–water partition coefficient (Wildman–Crippen LogP) is -0.00250. The molecular weight excluding hydrogens is 347 g/mol. The van der Waals surface area contributed by atoms with Gasteiger partial charge in [0, 0.05) is 18.1 Å². The zero-order valence-corrected chi connectivity index (χ0v) is 15.8. The molecule has 0 radical (unpaired) electrons. The molecule has 0 N–H and O–H groups in total. The smallest absolute Gasteiger partial charge is 0.550 e. The van der Waals surface area contributed by atoms with Crippen molar-refractivity contribution in [2.45, 2.75) is 6.42 Å². The predicted molar refractivity (Wildman–Crippen MR) is 102 cm³/mol. The molecule has 0 saturated heterocycles. The number of hydrogen-bond acceptors (Lipinski definition) is 4. The van der Waals surface area contributed by atoms with Gasteiger partial charge in [0.25, 0.3) is 0 Å². The Hall–Kier alpha value is -3.00. The first-order valence-corrected chi connectivity index (χ1v) is 8.57. The summed E-state index contributed by atoms with van der Waals surface area (Å²) in [5, 5.41) is 10.8. The van der Waals surface area contributed by atoms with E-state index < -0.39 is 5.97 Å². The number of hydrogen-bond donors (Lipinski definition) is 0. The first kappa shape index (κ1) is 19.8. The van der Waals surface area contributed by atoms with Crippen molar-refractivity contribution >= 4 is 17.0 Å². The third kappa shape index (κ3) is 3.68. The fourth-order valence-electron chi connectivity index (χ4n) is 3.23. The van der Waals surface area contributed by atoms with Crippen molar-refractivity contribution in [2.75, 3.05) is 7.11 Å². The number of methoxy groups -OCH3 is 1. The fourth-order valence-corrected chi connectivity index (χ4v) is 3.23. The molecule has 0 fully saturated rings. The van der Waals surface area contributed by atoms with Crippen molar-refractivity contribution in [2.24, 2.45) is 0 Å². The van der Waals surface area contributed by atoms with Crippen molar-refractivity contribution in [1.29, 1.82) is 0 Å². The van der Waals surface area contributed by atoms with Gasteiger partial charge in [-0.2, -0.15) is 0 Å². The van der Waals surface area contributed by atoms with Crippen molar-refractivity contribution in [3.8, 4) is 22.8 Å². The molecule has 4 aromatic rings. The van der Waals surface area contributed by atoms with Gasteiger partial charge in [0.05, 0.1) is 23.7 Å². The van der Waals surface area contributed by atoms with E-state index in [0.29, 0.717) is 5.56 Å². The molecule has 0 amide bonds. The molecule has 1 heterocycles. The van der Waals surface area contributed by atoms with Crippen LogP contribution in [-0.2, 0) is 11.2 Å². The summed E-state index contributed by atoms with van der Waals surface area (Å²) in [4.78, 5) is 15.6. The van der Waals surface area contributed by atoms with Crippen LogP contribution in [0.2, 0.25) is 0 Å². The minimum absolute atomic E-state index is 0. The third-order valence-corrected chi connectivity index (χ3v) is 4.45. The molecule has 28 heavy (non-hydrogen) atoms. The van der Waals surface area contributed by atoms with E-state index in [9.17, 15) is 9.90 Å². The van der Waals surface area contributed by atoms with E-state index >= 15 is 0 Å². The summed E-state index contributed by atoms with van der Waals surface area (Å²) in [7, 11) is 1.64. The second-order valence-corrected chi connectivity index (χ2v) is 6.18. The van der Waals surface area contributed by atoms with Crippen LogP contribution in [0.15, 0.2) is 72.8 Å². The Morgan fingerprint density at radius 2 is 1.68 bits per heavy atom. The Balaban J connectivity index is 0.00000225. The van der Waals surface area contributed by atoms with Gasteiger partial charge >= 0.3 is 18.9 Å². The van der Waals surface area contributed by atoms with Gasteiger partial charge in [-0.1, -0.05) is 36.4 Å². The number of aromatic nitrogens is 2. The number of nitrogens with zero attached hydrogens (tertiary/aromatic N) is 2. The van der Waals surface area contributed by atoms with Crippen LogP contribution in [0.4, 0.5) is 0 Å². The molecule has 4 rings (SSSR count). The van der Waals surface area contributed by atoms with E-state index in [0.717, 1.165) is 33.9 Å². The van der Waals surface area contributed by atoms with Crippen LogP contribution in [0.3, 0.4) is 0 Å². The SMILES string of the molecule is COc1ccccc1-c1nc2ccccc2n1-c1ccc(CC(=O)[O-])cc1.[Li+]. The zero-order valence-electron chi connectivity index (χ0n) is 15.8. The number of carboxylic acids is 1. The van der Waals surface area contributed by atoms with Gasteiger partial charge in [0.2, 0.25) is 0 Å². The Bertz CT molecular complexity index is 1120. The number of ether oxygens (including phenoxy) is 1. The van der Waals surface area contributed by atoms with Gasteiger partial charge in [-0.3, -0.25) is 4.57 Å². The Morgan fingerprint density at radius 3 is 2.39 bits per heavy atom. The summed E-state index contributed by atoms with van der Waals surface area (Å²) < 4.78 is 7.58. The standard InChI is InChI=1S/C22H18N2O3.Li/c1-27-20-9-5-2-6-17(20)22-23-18-7-3-4-8-19(18)24(22)16-12-10-15(11-13-16)14-21(25)26;/h2-13H,14H2,1H3,(H,25,26);/q;+1/p-1. The van der Waals surface area contributed by atoms with E-state index in [1.807, 2.05) is 60.7 Å². The van der Waals surface area contributed by atoms with Gasteiger partial charge in [-0.15, -0.1) is 0 Å². The largest absolute Gasteiger partial charge is 1.00 e. The Kier molecular flexibility index (Phi) is 5.89. The first-order chi connectivity index (χ1) is 13.2. The van der Waals surface area contributed by atoms with Crippen LogP contribution in [-0.4, -0.2) is 22.6 Å². The van der Waals surface area contributed by atoms with E-state index in [2.05, 4.69) is 4.57 Å². The summed E-state index contributed by atoms with van der Waals surface area (Å²) in [6.45, 7) is 0. The van der Waals surface area contributed by atoms with Gasteiger partial charge in [-0.05, 0) is 42.0 Å². The average molecular weight is 364 g/mol. The summed E-state index contributed by atoms with van der Waals surface area (Å²) in [5.41, 5.74) is 4.31. The summed E-state index contributed by atoms with van der Waals surface area (Å²) >= 11 is 0. The number of rotatable bonds is 5. The average Bonchev–Trinajstić information content (AvgIpc) is 3.07. The Labute approximate surface area is 174 Å². The number of carbonyl (C=O) groups excluding carboxylic acids is 1. The summed E-state index contributed by atoms with van der Waals surface area (Å²) in [6, 6.07) is 23.0. The van der Waals surface area contributed by atoms with Crippen molar-refractivity contribution < 1.29 is 33.5 Å². The van der Waals surface area contributed by atoms with Crippen LogP contribution in [0, 0.1) is 0 Å². The second kappa shape index (κ2) is 8.35. The molecule has 5 nitrogen and oxygen atoms in total. The second-order valence-electron chi connectivity index (χ2n) is 6.18. The molecule has 0 aliphatic rings. The van der Waals surface area contributed by atoms with Gasteiger partial charge < -0.3 is 14.6 Å². The molecular formula is C22H17LiN2O3. The molecule has 6 heteroatoms. The van der Waals surface area contributed by atoms with E-state index in [1.165, 1.54) is 0 Å². The van der Waals surface area contributed by atoms with Crippen LogP contribution in [0.1, 0.15) is 5.56 Å². The first-order valence-electron chi connectivity index (χ1n) is 8.57. The van der Waals surface area contributed by atoms with Crippen molar-refractivity contribution in [3.63, 3.8) is 0 Å². The van der Waals surface area contributed by atoms with Crippen LogP contribution in [0.5, 0.6) is 5.75 Å². The molecule has 0 atom stereocenters. The van der Waals surface area contributed by atoms with Gasteiger partial charge in [-0.25, -0.2) is 4.98 Å². The molecule has 0 bridgehead atoms. The normalized spacial score (nSPS) is 10.5. The van der Waals surface area contributed by atoms with Gasteiger partial charge in [0.1, 0.15) is 11.6 Å². The zero-order chi connectivity index (χ0) is 18.8. The monoisotopic (exact) mass is 364 g/mol. The number of carboxylic acid groups (broad SMARTS) is 1. The molecule has 0 unspecified atom stereocenters. The van der Waals surface area contributed by atoms with Gasteiger partial charge in [0.15, 0.2) is 0 Å². The maximum atomic E-state index is 10.8. The molecule has 0 spiro atoms. The topological polar surface area (TPSA) is 67.2 Å². The number of para-hydroxylation sites is 3. The fraction of sp³-hybridized carbons (Fsp3) is 0.0909. The number of carbonyl (C=O) groups is 1. The Morgan fingerprint density at radius 1 is 1.00 bits per heavy atom. The van der Waals surface area contributed by atoms with Crippen LogP contribution in [0.25, 0.3) is 28.1 Å². The van der Waals surface area contributed by atoms with E-state index in [1.54, 1.807) is 19.2 Å². The molecule has 3 aromatic carbocycles.